The van der Waals surface area contributed by atoms with Crippen LogP contribution in [0.2, 0.25) is 0 Å². The lowest BCUT2D eigenvalue weighted by atomic mass is 10.1. The molecule has 1 aliphatic heterocycles. The number of aryl methyl sites for hydroxylation is 1. The van der Waals surface area contributed by atoms with E-state index in [9.17, 15) is 4.79 Å². The molecule has 0 bridgehead atoms. The Balaban J connectivity index is 0.00000392. The second-order valence-electron chi connectivity index (χ2n) is 6.60. The van der Waals surface area contributed by atoms with Gasteiger partial charge in [-0.15, -0.1) is 24.0 Å². The Morgan fingerprint density at radius 3 is 2.57 bits per heavy atom. The van der Waals surface area contributed by atoms with Crippen molar-refractivity contribution in [2.45, 2.75) is 46.2 Å². The van der Waals surface area contributed by atoms with Crippen LogP contribution in [-0.4, -0.2) is 56.3 Å². The molecule has 1 saturated heterocycles. The lowest BCUT2D eigenvalue weighted by molar-refractivity contribution is 0.0963. The molecule has 0 unspecified atom stereocenters. The van der Waals surface area contributed by atoms with Gasteiger partial charge in [0.05, 0.1) is 20.3 Å². The molecule has 8 heteroatoms. The molecule has 1 fully saturated rings. The van der Waals surface area contributed by atoms with Crippen LogP contribution in [0.4, 0.5) is 4.79 Å². The van der Waals surface area contributed by atoms with E-state index in [1.54, 1.807) is 12.0 Å². The van der Waals surface area contributed by atoms with Crippen LogP contribution in [0, 0.1) is 6.92 Å². The number of aliphatic imine (C=N–C) groups is 1. The number of likely N-dealkylation sites (tertiary alicyclic amines) is 1. The van der Waals surface area contributed by atoms with Gasteiger partial charge in [-0.3, -0.25) is 0 Å². The second kappa shape index (κ2) is 12.7. The highest BCUT2D eigenvalue weighted by molar-refractivity contribution is 14.0. The van der Waals surface area contributed by atoms with Crippen molar-refractivity contribution in [2.75, 3.05) is 33.4 Å². The molecule has 1 aliphatic rings. The summed E-state index contributed by atoms with van der Waals surface area (Å²) >= 11 is 0. The number of nitrogens with one attached hydrogen (secondary N) is 2. The molecule has 1 heterocycles. The minimum absolute atomic E-state index is 0. The van der Waals surface area contributed by atoms with Gasteiger partial charge >= 0.3 is 6.09 Å². The number of piperidine rings is 1. The fourth-order valence-corrected chi connectivity index (χ4v) is 3.14. The first-order chi connectivity index (χ1) is 13.1. The molecule has 0 aliphatic carbocycles. The summed E-state index contributed by atoms with van der Waals surface area (Å²) in [6, 6.07) is 6.41. The third kappa shape index (κ3) is 7.37. The van der Waals surface area contributed by atoms with Crippen molar-refractivity contribution in [3.63, 3.8) is 0 Å². The Morgan fingerprint density at radius 1 is 1.29 bits per heavy atom. The summed E-state index contributed by atoms with van der Waals surface area (Å²) in [4.78, 5) is 18.3. The fraction of sp³-hybridized carbons (Fsp3) is 0.600. The number of rotatable bonds is 6. The number of benzene rings is 1. The van der Waals surface area contributed by atoms with Crippen molar-refractivity contribution in [1.29, 1.82) is 0 Å². The highest BCUT2D eigenvalue weighted by atomic mass is 127. The first-order valence-electron chi connectivity index (χ1n) is 9.67. The fourth-order valence-electron chi connectivity index (χ4n) is 3.14. The van der Waals surface area contributed by atoms with E-state index in [2.05, 4.69) is 23.6 Å². The maximum absolute atomic E-state index is 11.8. The second-order valence-corrected chi connectivity index (χ2v) is 6.60. The average Bonchev–Trinajstić information content (AvgIpc) is 2.67. The smallest absolute Gasteiger partial charge is 0.409 e. The molecule has 1 amide bonds. The van der Waals surface area contributed by atoms with Crippen molar-refractivity contribution < 1.29 is 14.3 Å². The Labute approximate surface area is 185 Å². The zero-order valence-electron chi connectivity index (χ0n) is 17.3. The summed E-state index contributed by atoms with van der Waals surface area (Å²) in [6.07, 6.45) is 1.54. The number of hydrogen-bond donors (Lipinski definition) is 2. The van der Waals surface area contributed by atoms with Crippen LogP contribution in [0.1, 0.15) is 37.8 Å². The number of nitrogens with zero attached hydrogens (tertiary/aromatic N) is 2. The number of carbonyl (C=O) groups excluding carboxylic acids is 1. The molecule has 7 nitrogen and oxygen atoms in total. The van der Waals surface area contributed by atoms with Crippen molar-refractivity contribution in [1.82, 2.24) is 15.5 Å². The SMILES string of the molecule is CCNC(=NCc1ccc(OC)c(C)c1)NC1CCN(C(=O)OCC)CC1.I. The highest BCUT2D eigenvalue weighted by Gasteiger charge is 2.24. The molecular weight excluding hydrogens is 471 g/mol. The van der Waals surface area contributed by atoms with Gasteiger partial charge in [-0.2, -0.15) is 0 Å². The quantitative estimate of drug-likeness (QED) is 0.354. The molecule has 0 atom stereocenters. The van der Waals surface area contributed by atoms with Crippen LogP contribution in [0.25, 0.3) is 0 Å². The van der Waals surface area contributed by atoms with Gasteiger partial charge in [0.15, 0.2) is 5.96 Å². The van der Waals surface area contributed by atoms with Gasteiger partial charge in [-0.25, -0.2) is 9.79 Å². The number of hydrogen-bond acceptors (Lipinski definition) is 4. The summed E-state index contributed by atoms with van der Waals surface area (Å²) < 4.78 is 10.4. The molecule has 0 saturated carbocycles. The van der Waals surface area contributed by atoms with E-state index < -0.39 is 0 Å². The summed E-state index contributed by atoms with van der Waals surface area (Å²) in [5.74, 6) is 1.70. The third-order valence-electron chi connectivity index (χ3n) is 4.59. The summed E-state index contributed by atoms with van der Waals surface area (Å²) in [5, 5.41) is 6.79. The predicted molar refractivity (Wildman–Crippen MR) is 123 cm³/mol. The first kappa shape index (κ1) is 24.3. The summed E-state index contributed by atoms with van der Waals surface area (Å²) in [6.45, 7) is 9.14. The monoisotopic (exact) mass is 504 g/mol. The van der Waals surface area contributed by atoms with E-state index >= 15 is 0 Å². The van der Waals surface area contributed by atoms with Crippen LogP contribution < -0.4 is 15.4 Å². The summed E-state index contributed by atoms with van der Waals surface area (Å²) in [7, 11) is 1.68. The highest BCUT2D eigenvalue weighted by Crippen LogP contribution is 2.19. The van der Waals surface area contributed by atoms with Crippen LogP contribution >= 0.6 is 24.0 Å². The molecule has 158 valence electrons. The largest absolute Gasteiger partial charge is 0.496 e. The predicted octanol–water partition coefficient (Wildman–Crippen LogP) is 3.30. The average molecular weight is 504 g/mol. The van der Waals surface area contributed by atoms with Gasteiger partial charge in [0.1, 0.15) is 5.75 Å². The van der Waals surface area contributed by atoms with E-state index in [0.717, 1.165) is 42.2 Å². The number of carbonyl (C=O) groups is 1. The maximum atomic E-state index is 11.8. The molecule has 2 N–H and O–H groups in total. The standard InChI is InChI=1S/C20H32N4O3.HI/c1-5-21-19(22-14-16-7-8-18(26-4)15(3)13-16)23-17-9-11-24(12-10-17)20(25)27-6-2;/h7-8,13,17H,5-6,9-12,14H2,1-4H3,(H2,21,22,23);1H. The Bertz CT molecular complexity index is 646. The van der Waals surface area contributed by atoms with Crippen molar-refractivity contribution in [3.05, 3.63) is 29.3 Å². The minimum Gasteiger partial charge on any atom is -0.496 e. The topological polar surface area (TPSA) is 75.2 Å². The molecular formula is C20H33IN4O3. The Kier molecular flexibility index (Phi) is 11.0. The van der Waals surface area contributed by atoms with Crippen molar-refractivity contribution >= 4 is 36.0 Å². The lowest BCUT2D eigenvalue weighted by Crippen LogP contribution is -2.49. The molecule has 0 spiro atoms. The van der Waals surface area contributed by atoms with Crippen LogP contribution in [0.5, 0.6) is 5.75 Å². The van der Waals surface area contributed by atoms with Gasteiger partial charge in [0, 0.05) is 25.7 Å². The zero-order valence-corrected chi connectivity index (χ0v) is 19.6. The van der Waals surface area contributed by atoms with Gasteiger partial charge < -0.3 is 25.0 Å². The third-order valence-corrected chi connectivity index (χ3v) is 4.59. The number of ether oxygens (including phenoxy) is 2. The lowest BCUT2D eigenvalue weighted by Gasteiger charge is -2.32. The molecule has 0 aromatic heterocycles. The molecule has 2 rings (SSSR count). The van der Waals surface area contributed by atoms with Gasteiger partial charge in [0.25, 0.3) is 0 Å². The van der Waals surface area contributed by atoms with E-state index in [4.69, 9.17) is 14.5 Å². The molecule has 1 aromatic carbocycles. The van der Waals surface area contributed by atoms with Gasteiger partial charge in [0.2, 0.25) is 0 Å². The van der Waals surface area contributed by atoms with Crippen LogP contribution in [0.3, 0.4) is 0 Å². The minimum atomic E-state index is -0.216. The molecule has 1 aromatic rings. The number of methoxy groups -OCH3 is 1. The summed E-state index contributed by atoms with van der Waals surface area (Å²) in [5.41, 5.74) is 2.25. The van der Waals surface area contributed by atoms with Gasteiger partial charge in [-0.1, -0.05) is 12.1 Å². The Hall–Kier alpha value is -1.71. The van der Waals surface area contributed by atoms with E-state index in [1.807, 2.05) is 26.0 Å². The van der Waals surface area contributed by atoms with Gasteiger partial charge in [-0.05, 0) is 50.8 Å². The van der Waals surface area contributed by atoms with E-state index in [0.29, 0.717) is 32.3 Å². The molecule has 28 heavy (non-hydrogen) atoms. The zero-order chi connectivity index (χ0) is 19.6. The molecule has 0 radical (unpaired) electrons. The normalized spacial score (nSPS) is 14.9. The van der Waals surface area contributed by atoms with E-state index in [-0.39, 0.29) is 30.1 Å². The maximum Gasteiger partial charge on any atom is 0.409 e. The van der Waals surface area contributed by atoms with E-state index in [1.165, 1.54) is 0 Å². The van der Waals surface area contributed by atoms with Crippen molar-refractivity contribution in [2.24, 2.45) is 4.99 Å². The van der Waals surface area contributed by atoms with Crippen LogP contribution in [-0.2, 0) is 11.3 Å². The van der Waals surface area contributed by atoms with Crippen LogP contribution in [0.15, 0.2) is 23.2 Å². The van der Waals surface area contributed by atoms with Crippen molar-refractivity contribution in [3.8, 4) is 5.75 Å². The number of guanidine groups is 1. The first-order valence-corrected chi connectivity index (χ1v) is 9.67. The Morgan fingerprint density at radius 2 is 2.00 bits per heavy atom. The number of amides is 1. The number of halogens is 1.